The second-order valence-electron chi connectivity index (χ2n) is 4.11. The van der Waals surface area contributed by atoms with Crippen LogP contribution in [-0.2, 0) is 13.5 Å². The van der Waals surface area contributed by atoms with Crippen molar-refractivity contribution in [3.8, 4) is 0 Å². The van der Waals surface area contributed by atoms with Crippen molar-refractivity contribution in [3.05, 3.63) is 18.2 Å². The largest absolute Gasteiger partial charge is 0.338 e. The number of hydrogen-bond acceptors (Lipinski definition) is 1. The molecule has 1 heterocycles. The highest BCUT2D eigenvalue weighted by atomic mass is 79.9. The van der Waals surface area contributed by atoms with Crippen LogP contribution in [0.5, 0.6) is 0 Å². The van der Waals surface area contributed by atoms with Gasteiger partial charge in [-0.25, -0.2) is 4.98 Å². The van der Waals surface area contributed by atoms with Crippen LogP contribution >= 0.6 is 15.9 Å². The monoisotopic (exact) mass is 258 g/mol. The Hall–Kier alpha value is -0.310. The van der Waals surface area contributed by atoms with Crippen LogP contribution in [0.3, 0.4) is 0 Å². The topological polar surface area (TPSA) is 17.8 Å². The molecule has 1 atom stereocenters. The zero-order chi connectivity index (χ0) is 10.6. The highest BCUT2D eigenvalue weighted by Gasteiger charge is 2.09. The van der Waals surface area contributed by atoms with Crippen LogP contribution in [0, 0.1) is 5.92 Å². The fourth-order valence-electron chi connectivity index (χ4n) is 1.43. The molecule has 1 aromatic heterocycles. The van der Waals surface area contributed by atoms with Crippen LogP contribution in [0.1, 0.15) is 32.5 Å². The van der Waals surface area contributed by atoms with E-state index in [1.54, 1.807) is 0 Å². The molecule has 0 bridgehead atoms. The number of aromatic nitrogens is 2. The third kappa shape index (κ3) is 3.45. The Labute approximate surface area is 94.9 Å². The number of nitrogens with zero attached hydrogens (tertiary/aromatic N) is 2. The quantitative estimate of drug-likeness (QED) is 0.743. The van der Waals surface area contributed by atoms with Crippen molar-refractivity contribution in [3.63, 3.8) is 0 Å². The Kier molecular flexibility index (Phi) is 4.66. The van der Waals surface area contributed by atoms with E-state index in [9.17, 15) is 0 Å². The first-order chi connectivity index (χ1) is 6.61. The summed E-state index contributed by atoms with van der Waals surface area (Å²) in [6, 6.07) is 0. The number of imidazole rings is 1. The Balaban J connectivity index is 2.25. The van der Waals surface area contributed by atoms with Gasteiger partial charge in [0.15, 0.2) is 0 Å². The van der Waals surface area contributed by atoms with E-state index in [0.717, 1.165) is 12.3 Å². The van der Waals surface area contributed by atoms with E-state index in [1.807, 2.05) is 12.4 Å². The third-order valence-corrected chi connectivity index (χ3v) is 4.04. The van der Waals surface area contributed by atoms with Gasteiger partial charge in [0.05, 0.1) is 0 Å². The molecule has 2 nitrogen and oxygen atoms in total. The highest BCUT2D eigenvalue weighted by Crippen LogP contribution is 2.18. The molecule has 3 heteroatoms. The molecule has 0 N–H and O–H groups in total. The Bertz CT molecular complexity index is 268. The molecule has 0 fully saturated rings. The van der Waals surface area contributed by atoms with Gasteiger partial charge < -0.3 is 4.57 Å². The van der Waals surface area contributed by atoms with Gasteiger partial charge in [0.25, 0.3) is 0 Å². The van der Waals surface area contributed by atoms with E-state index in [1.165, 1.54) is 18.7 Å². The van der Waals surface area contributed by atoms with E-state index in [-0.39, 0.29) is 0 Å². The molecule has 0 saturated heterocycles. The van der Waals surface area contributed by atoms with Crippen LogP contribution in [0.4, 0.5) is 0 Å². The van der Waals surface area contributed by atoms with Gasteiger partial charge in [0.1, 0.15) is 5.82 Å². The summed E-state index contributed by atoms with van der Waals surface area (Å²) < 4.78 is 2.10. The summed E-state index contributed by atoms with van der Waals surface area (Å²) in [5.74, 6) is 1.91. The van der Waals surface area contributed by atoms with Gasteiger partial charge in [-0.2, -0.15) is 0 Å². The second-order valence-corrected chi connectivity index (χ2v) is 5.28. The molecule has 14 heavy (non-hydrogen) atoms. The maximum Gasteiger partial charge on any atom is 0.108 e. The van der Waals surface area contributed by atoms with E-state index in [2.05, 4.69) is 46.4 Å². The minimum Gasteiger partial charge on any atom is -0.338 e. The lowest BCUT2D eigenvalue weighted by molar-refractivity contribution is 0.555. The SMILES string of the molecule is CC(C)C(Br)CCCc1nccn1C. The molecule has 1 unspecified atom stereocenters. The normalized spacial score (nSPS) is 13.5. The summed E-state index contributed by atoms with van der Waals surface area (Å²) in [7, 11) is 2.05. The standard InChI is InChI=1S/C11H19BrN2/c1-9(2)10(12)5-4-6-11-13-7-8-14(11)3/h7-10H,4-6H2,1-3H3. The predicted octanol–water partition coefficient (Wildman–Crippen LogP) is 3.16. The fourth-order valence-corrected chi connectivity index (χ4v) is 1.75. The van der Waals surface area contributed by atoms with Crippen molar-refractivity contribution in [1.82, 2.24) is 9.55 Å². The molecule has 0 amide bonds. The van der Waals surface area contributed by atoms with Crippen LogP contribution in [-0.4, -0.2) is 14.4 Å². The average molecular weight is 259 g/mol. The molecule has 0 aliphatic heterocycles. The summed E-state index contributed by atoms with van der Waals surface area (Å²) >= 11 is 3.70. The molecule has 0 aromatic carbocycles. The van der Waals surface area contributed by atoms with Gasteiger partial charge in [0, 0.05) is 30.7 Å². The molecule has 0 aliphatic rings. The summed E-state index contributed by atoms with van der Waals surface area (Å²) in [6.45, 7) is 4.50. The van der Waals surface area contributed by atoms with Crippen molar-refractivity contribution in [2.45, 2.75) is 37.9 Å². The number of rotatable bonds is 5. The van der Waals surface area contributed by atoms with Gasteiger partial charge >= 0.3 is 0 Å². The van der Waals surface area contributed by atoms with E-state index < -0.39 is 0 Å². The summed E-state index contributed by atoms with van der Waals surface area (Å²) in [5.41, 5.74) is 0. The lowest BCUT2D eigenvalue weighted by atomic mass is 10.1. The van der Waals surface area contributed by atoms with Crippen molar-refractivity contribution >= 4 is 15.9 Å². The number of hydrogen-bond donors (Lipinski definition) is 0. The molecular weight excluding hydrogens is 240 g/mol. The summed E-state index contributed by atoms with van der Waals surface area (Å²) in [6.07, 6.45) is 7.38. The number of aryl methyl sites for hydroxylation is 2. The smallest absolute Gasteiger partial charge is 0.108 e. The molecule has 0 spiro atoms. The van der Waals surface area contributed by atoms with Crippen molar-refractivity contribution < 1.29 is 0 Å². The first-order valence-electron chi connectivity index (χ1n) is 5.21. The maximum atomic E-state index is 4.31. The van der Waals surface area contributed by atoms with E-state index in [4.69, 9.17) is 0 Å². The Morgan fingerprint density at radius 3 is 2.71 bits per heavy atom. The van der Waals surface area contributed by atoms with E-state index in [0.29, 0.717) is 4.83 Å². The fraction of sp³-hybridized carbons (Fsp3) is 0.727. The van der Waals surface area contributed by atoms with Gasteiger partial charge in [-0.15, -0.1) is 0 Å². The first-order valence-corrected chi connectivity index (χ1v) is 6.13. The zero-order valence-corrected chi connectivity index (χ0v) is 10.8. The van der Waals surface area contributed by atoms with E-state index >= 15 is 0 Å². The third-order valence-electron chi connectivity index (χ3n) is 2.52. The Morgan fingerprint density at radius 1 is 1.50 bits per heavy atom. The van der Waals surface area contributed by atoms with Gasteiger partial charge in [-0.1, -0.05) is 29.8 Å². The van der Waals surface area contributed by atoms with Crippen LogP contribution < -0.4 is 0 Å². The van der Waals surface area contributed by atoms with Crippen molar-refractivity contribution in [2.75, 3.05) is 0 Å². The molecule has 0 saturated carbocycles. The lowest BCUT2D eigenvalue weighted by Gasteiger charge is -2.12. The molecule has 80 valence electrons. The molecule has 1 rings (SSSR count). The van der Waals surface area contributed by atoms with Gasteiger partial charge in [0.2, 0.25) is 0 Å². The molecular formula is C11H19BrN2. The first kappa shape index (κ1) is 11.8. The second kappa shape index (κ2) is 5.54. The van der Waals surface area contributed by atoms with Gasteiger partial charge in [-0.05, 0) is 18.8 Å². The summed E-state index contributed by atoms with van der Waals surface area (Å²) in [4.78, 5) is 4.95. The van der Waals surface area contributed by atoms with Crippen molar-refractivity contribution in [1.29, 1.82) is 0 Å². The highest BCUT2D eigenvalue weighted by molar-refractivity contribution is 9.09. The minimum atomic E-state index is 0.641. The minimum absolute atomic E-state index is 0.641. The van der Waals surface area contributed by atoms with Crippen LogP contribution in [0.15, 0.2) is 12.4 Å². The number of alkyl halides is 1. The molecule has 0 aliphatic carbocycles. The molecule has 1 aromatic rings. The van der Waals surface area contributed by atoms with Gasteiger partial charge in [-0.3, -0.25) is 0 Å². The van der Waals surface area contributed by atoms with Crippen molar-refractivity contribution in [2.24, 2.45) is 13.0 Å². The van der Waals surface area contributed by atoms with Crippen LogP contribution in [0.25, 0.3) is 0 Å². The summed E-state index contributed by atoms with van der Waals surface area (Å²) in [5, 5.41) is 0. The zero-order valence-electron chi connectivity index (χ0n) is 9.20. The molecule has 0 radical (unpaired) electrons. The maximum absolute atomic E-state index is 4.31. The average Bonchev–Trinajstić information content (AvgIpc) is 2.51. The lowest BCUT2D eigenvalue weighted by Crippen LogP contribution is -2.08. The Morgan fingerprint density at radius 2 is 2.21 bits per heavy atom. The predicted molar refractivity (Wildman–Crippen MR) is 63.7 cm³/mol. The van der Waals surface area contributed by atoms with Crippen LogP contribution in [0.2, 0.25) is 0 Å². The number of halogens is 1.